The monoisotopic (exact) mass is 288 g/mol. The van der Waals surface area contributed by atoms with Crippen LogP contribution < -0.4 is 10.6 Å². The highest BCUT2D eigenvalue weighted by Crippen LogP contribution is 2.18. The van der Waals surface area contributed by atoms with Crippen LogP contribution in [0.2, 0.25) is 0 Å². The number of anilines is 1. The summed E-state index contributed by atoms with van der Waals surface area (Å²) in [5.41, 5.74) is 1.35. The molecule has 21 heavy (non-hydrogen) atoms. The fraction of sp³-hybridized carbons (Fsp3) is 0.500. The number of benzene rings is 1. The van der Waals surface area contributed by atoms with Crippen molar-refractivity contribution in [3.8, 4) is 0 Å². The summed E-state index contributed by atoms with van der Waals surface area (Å²) in [6.07, 6.45) is 1.02. The van der Waals surface area contributed by atoms with Gasteiger partial charge in [-0.15, -0.1) is 5.10 Å². The predicted molar refractivity (Wildman–Crippen MR) is 84.2 cm³/mol. The Labute approximate surface area is 126 Å². The molecule has 2 rings (SSSR count). The van der Waals surface area contributed by atoms with Crippen molar-refractivity contribution in [3.05, 3.63) is 41.8 Å². The number of hydrogen-bond acceptors (Lipinski definition) is 5. The van der Waals surface area contributed by atoms with E-state index in [2.05, 4.69) is 65.9 Å². The van der Waals surface area contributed by atoms with Crippen molar-refractivity contribution in [1.29, 1.82) is 0 Å². The third-order valence-electron chi connectivity index (χ3n) is 3.35. The molecule has 2 aromatic rings. The number of nitrogens with zero attached hydrogens (tertiary/aromatic N) is 2. The maximum absolute atomic E-state index is 5.53. The first-order valence-electron chi connectivity index (χ1n) is 7.49. The van der Waals surface area contributed by atoms with E-state index >= 15 is 0 Å². The molecule has 5 heteroatoms. The zero-order valence-corrected chi connectivity index (χ0v) is 13.0. The van der Waals surface area contributed by atoms with Gasteiger partial charge in [-0.05, 0) is 17.9 Å². The van der Waals surface area contributed by atoms with Crippen molar-refractivity contribution in [1.82, 2.24) is 15.5 Å². The van der Waals surface area contributed by atoms with Gasteiger partial charge in [-0.1, -0.05) is 56.2 Å². The molecule has 0 fully saturated rings. The molecule has 0 radical (unpaired) electrons. The molecule has 1 aromatic carbocycles. The highest BCUT2D eigenvalue weighted by atomic mass is 16.4. The summed E-state index contributed by atoms with van der Waals surface area (Å²) in [6.45, 7) is 7.81. The molecular formula is C16H24N4O. The van der Waals surface area contributed by atoms with Gasteiger partial charge in [-0.25, -0.2) is 0 Å². The summed E-state index contributed by atoms with van der Waals surface area (Å²) < 4.78 is 5.53. The lowest BCUT2D eigenvalue weighted by atomic mass is 9.98. The standard InChI is InChI=1S/C16H24N4O/c1-12(2)18-11-15-19-20-16(21-15)17-10-9-13(3)14-7-5-4-6-8-14/h4-8,12-13,18H,9-11H2,1-3H3,(H,17,20). The SMILES string of the molecule is CC(C)NCc1nnc(NCCC(C)c2ccccc2)o1. The molecular weight excluding hydrogens is 264 g/mol. The van der Waals surface area contributed by atoms with Gasteiger partial charge in [0.15, 0.2) is 0 Å². The molecule has 5 nitrogen and oxygen atoms in total. The fourth-order valence-corrected chi connectivity index (χ4v) is 2.03. The topological polar surface area (TPSA) is 63.0 Å². The fourth-order valence-electron chi connectivity index (χ4n) is 2.03. The van der Waals surface area contributed by atoms with Gasteiger partial charge in [0.1, 0.15) is 0 Å². The lowest BCUT2D eigenvalue weighted by Gasteiger charge is -2.11. The summed E-state index contributed by atoms with van der Waals surface area (Å²) in [4.78, 5) is 0. The van der Waals surface area contributed by atoms with Crippen molar-refractivity contribution in [2.45, 2.75) is 45.7 Å². The van der Waals surface area contributed by atoms with Crippen LogP contribution >= 0.6 is 0 Å². The van der Waals surface area contributed by atoms with E-state index in [1.54, 1.807) is 0 Å². The lowest BCUT2D eigenvalue weighted by Crippen LogP contribution is -2.21. The maximum atomic E-state index is 5.53. The van der Waals surface area contributed by atoms with Crippen LogP contribution in [0.15, 0.2) is 34.7 Å². The van der Waals surface area contributed by atoms with Gasteiger partial charge in [-0.2, -0.15) is 0 Å². The first kappa shape index (κ1) is 15.5. The largest absolute Gasteiger partial charge is 0.407 e. The molecule has 0 aliphatic carbocycles. The molecule has 0 bridgehead atoms. The van der Waals surface area contributed by atoms with Gasteiger partial charge < -0.3 is 15.1 Å². The minimum atomic E-state index is 0.403. The summed E-state index contributed by atoms with van der Waals surface area (Å²) in [6, 6.07) is 11.4. The Morgan fingerprint density at radius 2 is 1.86 bits per heavy atom. The van der Waals surface area contributed by atoms with Crippen molar-refractivity contribution >= 4 is 6.01 Å². The molecule has 0 saturated heterocycles. The van der Waals surface area contributed by atoms with Crippen LogP contribution in [0.1, 0.15) is 44.6 Å². The Hall–Kier alpha value is -1.88. The zero-order chi connectivity index (χ0) is 15.1. The molecule has 1 atom stereocenters. The number of hydrogen-bond donors (Lipinski definition) is 2. The Morgan fingerprint density at radius 1 is 1.10 bits per heavy atom. The molecule has 0 spiro atoms. The van der Waals surface area contributed by atoms with Crippen LogP contribution in [0.25, 0.3) is 0 Å². The summed E-state index contributed by atoms with van der Waals surface area (Å²) in [5, 5.41) is 14.4. The van der Waals surface area contributed by atoms with Gasteiger partial charge in [0, 0.05) is 12.6 Å². The van der Waals surface area contributed by atoms with E-state index in [4.69, 9.17) is 4.42 Å². The highest BCUT2D eigenvalue weighted by molar-refractivity contribution is 5.20. The Kier molecular flexibility index (Phi) is 5.75. The Morgan fingerprint density at radius 3 is 2.57 bits per heavy atom. The van der Waals surface area contributed by atoms with E-state index in [1.165, 1.54) is 5.56 Å². The average molecular weight is 288 g/mol. The molecule has 1 aromatic heterocycles. The van der Waals surface area contributed by atoms with Gasteiger partial charge >= 0.3 is 6.01 Å². The molecule has 1 heterocycles. The van der Waals surface area contributed by atoms with E-state index in [-0.39, 0.29) is 0 Å². The van der Waals surface area contributed by atoms with E-state index in [0.29, 0.717) is 30.4 Å². The second-order valence-corrected chi connectivity index (χ2v) is 5.56. The summed E-state index contributed by atoms with van der Waals surface area (Å²) in [7, 11) is 0. The van der Waals surface area contributed by atoms with E-state index in [9.17, 15) is 0 Å². The van der Waals surface area contributed by atoms with Crippen molar-refractivity contribution in [3.63, 3.8) is 0 Å². The second-order valence-electron chi connectivity index (χ2n) is 5.56. The van der Waals surface area contributed by atoms with Gasteiger partial charge in [0.2, 0.25) is 5.89 Å². The zero-order valence-electron chi connectivity index (χ0n) is 13.0. The summed E-state index contributed by atoms with van der Waals surface area (Å²) in [5.74, 6) is 1.12. The van der Waals surface area contributed by atoms with Crippen LogP contribution in [-0.2, 0) is 6.54 Å². The summed E-state index contributed by atoms with van der Waals surface area (Å²) >= 11 is 0. The van der Waals surface area contributed by atoms with Crippen LogP contribution in [0.4, 0.5) is 6.01 Å². The molecule has 0 amide bonds. The number of nitrogens with one attached hydrogen (secondary N) is 2. The first-order valence-corrected chi connectivity index (χ1v) is 7.49. The van der Waals surface area contributed by atoms with Crippen molar-refractivity contribution in [2.75, 3.05) is 11.9 Å². The van der Waals surface area contributed by atoms with E-state index in [0.717, 1.165) is 13.0 Å². The van der Waals surface area contributed by atoms with Crippen LogP contribution in [0, 0.1) is 0 Å². The Bertz CT molecular complexity index is 524. The molecule has 0 aliphatic heterocycles. The normalized spacial score (nSPS) is 12.6. The van der Waals surface area contributed by atoms with E-state index in [1.807, 2.05) is 6.07 Å². The molecule has 0 aliphatic rings. The van der Waals surface area contributed by atoms with Crippen molar-refractivity contribution < 1.29 is 4.42 Å². The predicted octanol–water partition coefficient (Wildman–Crippen LogP) is 3.17. The van der Waals surface area contributed by atoms with Gasteiger partial charge in [0.25, 0.3) is 0 Å². The average Bonchev–Trinajstić information content (AvgIpc) is 2.94. The van der Waals surface area contributed by atoms with Crippen LogP contribution in [-0.4, -0.2) is 22.8 Å². The smallest absolute Gasteiger partial charge is 0.315 e. The molecule has 1 unspecified atom stereocenters. The number of rotatable bonds is 8. The van der Waals surface area contributed by atoms with Crippen LogP contribution in [0.5, 0.6) is 0 Å². The quantitative estimate of drug-likeness (QED) is 0.781. The second kappa shape index (κ2) is 7.78. The minimum Gasteiger partial charge on any atom is -0.407 e. The maximum Gasteiger partial charge on any atom is 0.315 e. The third-order valence-corrected chi connectivity index (χ3v) is 3.35. The molecule has 0 saturated carbocycles. The highest BCUT2D eigenvalue weighted by Gasteiger charge is 2.08. The lowest BCUT2D eigenvalue weighted by molar-refractivity contribution is 0.458. The van der Waals surface area contributed by atoms with E-state index < -0.39 is 0 Å². The number of aromatic nitrogens is 2. The molecule has 2 N–H and O–H groups in total. The van der Waals surface area contributed by atoms with Crippen LogP contribution in [0.3, 0.4) is 0 Å². The third kappa shape index (κ3) is 5.19. The van der Waals surface area contributed by atoms with Gasteiger partial charge in [-0.3, -0.25) is 0 Å². The van der Waals surface area contributed by atoms with Crippen molar-refractivity contribution in [2.24, 2.45) is 0 Å². The van der Waals surface area contributed by atoms with Gasteiger partial charge in [0.05, 0.1) is 6.54 Å². The molecule has 114 valence electrons. The Balaban J connectivity index is 1.73. The first-order chi connectivity index (χ1) is 10.1. The minimum absolute atomic E-state index is 0.403.